The molecule has 0 aliphatic carbocycles. The lowest BCUT2D eigenvalue weighted by Crippen LogP contribution is -1.90. The van der Waals surface area contributed by atoms with Crippen LogP contribution in [0.2, 0.25) is 0 Å². The third-order valence-electron chi connectivity index (χ3n) is 4.27. The Bertz CT molecular complexity index is 952. The summed E-state index contributed by atoms with van der Waals surface area (Å²) < 4.78 is 6.62. The van der Waals surface area contributed by atoms with Crippen LogP contribution in [0.5, 0.6) is 5.75 Å². The molecule has 0 unspecified atom stereocenters. The Morgan fingerprint density at radius 2 is 1.50 bits per heavy atom. The van der Waals surface area contributed by atoms with Crippen molar-refractivity contribution in [2.24, 2.45) is 0 Å². The molecule has 4 rings (SSSR count). The van der Waals surface area contributed by atoms with Gasteiger partial charge in [-0.25, -0.2) is 0 Å². The second kappa shape index (κ2) is 6.50. The fourth-order valence-electron chi connectivity index (χ4n) is 3.04. The largest absolute Gasteiger partial charge is 0.497 e. The maximum absolute atomic E-state index is 5.27. The van der Waals surface area contributed by atoms with Gasteiger partial charge in [-0.2, -0.15) is 0 Å². The van der Waals surface area contributed by atoms with Crippen molar-refractivity contribution < 1.29 is 4.74 Å². The van der Waals surface area contributed by atoms with Gasteiger partial charge in [0.05, 0.1) is 7.11 Å². The Balaban J connectivity index is 1.83. The summed E-state index contributed by atoms with van der Waals surface area (Å²) in [7, 11) is 1.70. The van der Waals surface area contributed by atoms with Crippen LogP contribution in [-0.4, -0.2) is 7.11 Å². The number of thiophene rings is 1. The molecule has 1 nitrogen and oxygen atoms in total. The Kier molecular flexibility index (Phi) is 4.06. The molecule has 2 heteroatoms. The second-order valence-corrected chi connectivity index (χ2v) is 6.85. The van der Waals surface area contributed by atoms with E-state index in [1.54, 1.807) is 7.11 Å². The highest BCUT2D eigenvalue weighted by molar-refractivity contribution is 7.22. The molecule has 118 valence electrons. The molecule has 0 N–H and O–H groups in total. The molecule has 0 radical (unpaired) electrons. The maximum atomic E-state index is 5.27. The molecule has 1 heterocycles. The van der Waals surface area contributed by atoms with E-state index in [1.807, 2.05) is 23.5 Å². The van der Waals surface area contributed by atoms with E-state index in [0.29, 0.717) is 0 Å². The zero-order valence-corrected chi connectivity index (χ0v) is 14.3. The van der Waals surface area contributed by atoms with Gasteiger partial charge in [-0.3, -0.25) is 0 Å². The molecule has 4 aromatic rings. The number of benzene rings is 3. The van der Waals surface area contributed by atoms with Gasteiger partial charge < -0.3 is 4.74 Å². The van der Waals surface area contributed by atoms with Crippen molar-refractivity contribution in [3.63, 3.8) is 0 Å². The molecule has 0 saturated heterocycles. The van der Waals surface area contributed by atoms with E-state index in [1.165, 1.54) is 31.7 Å². The van der Waals surface area contributed by atoms with Crippen molar-refractivity contribution >= 4 is 21.4 Å². The molecule has 0 fully saturated rings. The summed E-state index contributed by atoms with van der Waals surface area (Å²) in [4.78, 5) is 1.37. The molecule has 0 atom stereocenters. The predicted molar refractivity (Wildman–Crippen MR) is 103 cm³/mol. The van der Waals surface area contributed by atoms with Gasteiger partial charge >= 0.3 is 0 Å². The van der Waals surface area contributed by atoms with Gasteiger partial charge in [0.1, 0.15) is 5.75 Å². The molecular weight excluding hydrogens is 312 g/mol. The average Bonchev–Trinajstić information content (AvgIpc) is 3.02. The monoisotopic (exact) mass is 330 g/mol. The summed E-state index contributed by atoms with van der Waals surface area (Å²) in [6.07, 6.45) is 0.929. The zero-order valence-electron chi connectivity index (χ0n) is 13.5. The number of hydrogen-bond donors (Lipinski definition) is 0. The van der Waals surface area contributed by atoms with Gasteiger partial charge in [-0.05, 0) is 46.7 Å². The van der Waals surface area contributed by atoms with Gasteiger partial charge in [0, 0.05) is 9.58 Å². The topological polar surface area (TPSA) is 9.23 Å². The number of fused-ring (bicyclic) bond motifs is 1. The van der Waals surface area contributed by atoms with Crippen molar-refractivity contribution in [3.05, 3.63) is 90.0 Å². The molecular formula is C22H18OS. The first-order chi connectivity index (χ1) is 11.8. The van der Waals surface area contributed by atoms with Crippen LogP contribution in [0.4, 0.5) is 0 Å². The summed E-state index contributed by atoms with van der Waals surface area (Å²) in [5.74, 6) is 0.900. The zero-order chi connectivity index (χ0) is 16.4. The highest BCUT2D eigenvalue weighted by Crippen LogP contribution is 2.39. The van der Waals surface area contributed by atoms with Crippen LogP contribution in [0.15, 0.2) is 78.9 Å². The standard InChI is InChI=1S/C22H18OS/c1-23-18-13-11-16(12-14-18)15-20-19-9-5-6-10-21(19)24-22(20)17-7-3-2-4-8-17/h2-14H,15H2,1H3. The van der Waals surface area contributed by atoms with Crippen LogP contribution in [0.25, 0.3) is 20.5 Å². The number of hydrogen-bond acceptors (Lipinski definition) is 2. The third kappa shape index (κ3) is 2.81. The van der Waals surface area contributed by atoms with E-state index in [2.05, 4.69) is 66.7 Å². The van der Waals surface area contributed by atoms with Gasteiger partial charge in [-0.15, -0.1) is 11.3 Å². The Labute approximate surface area is 146 Å². The number of rotatable bonds is 4. The quantitative estimate of drug-likeness (QED) is 0.435. The van der Waals surface area contributed by atoms with Crippen LogP contribution in [0, 0.1) is 0 Å². The van der Waals surface area contributed by atoms with E-state index in [9.17, 15) is 0 Å². The van der Waals surface area contributed by atoms with Crippen molar-refractivity contribution in [1.29, 1.82) is 0 Å². The third-order valence-corrected chi connectivity index (χ3v) is 5.54. The predicted octanol–water partition coefficient (Wildman–Crippen LogP) is 6.17. The van der Waals surface area contributed by atoms with Crippen LogP contribution < -0.4 is 4.74 Å². The van der Waals surface area contributed by atoms with E-state index in [0.717, 1.165) is 12.2 Å². The van der Waals surface area contributed by atoms with Crippen LogP contribution in [-0.2, 0) is 6.42 Å². The van der Waals surface area contributed by atoms with Crippen molar-refractivity contribution in [2.45, 2.75) is 6.42 Å². The lowest BCUT2D eigenvalue weighted by molar-refractivity contribution is 0.414. The fourth-order valence-corrected chi connectivity index (χ4v) is 4.27. The minimum Gasteiger partial charge on any atom is -0.497 e. The van der Waals surface area contributed by atoms with Crippen LogP contribution in [0.1, 0.15) is 11.1 Å². The molecule has 1 aromatic heterocycles. The van der Waals surface area contributed by atoms with Gasteiger partial charge in [-0.1, -0.05) is 60.7 Å². The average molecular weight is 330 g/mol. The first-order valence-electron chi connectivity index (χ1n) is 8.04. The molecule has 0 amide bonds. The maximum Gasteiger partial charge on any atom is 0.118 e. The lowest BCUT2D eigenvalue weighted by atomic mass is 9.99. The van der Waals surface area contributed by atoms with Crippen molar-refractivity contribution in [3.8, 4) is 16.2 Å². The Morgan fingerprint density at radius 1 is 0.792 bits per heavy atom. The molecule has 24 heavy (non-hydrogen) atoms. The molecule has 3 aromatic carbocycles. The fraction of sp³-hybridized carbons (Fsp3) is 0.0909. The van der Waals surface area contributed by atoms with E-state index >= 15 is 0 Å². The van der Waals surface area contributed by atoms with Gasteiger partial charge in [0.2, 0.25) is 0 Å². The van der Waals surface area contributed by atoms with E-state index < -0.39 is 0 Å². The Morgan fingerprint density at radius 3 is 2.25 bits per heavy atom. The minimum absolute atomic E-state index is 0.900. The molecule has 0 bridgehead atoms. The molecule has 0 aliphatic heterocycles. The van der Waals surface area contributed by atoms with Gasteiger partial charge in [0.15, 0.2) is 0 Å². The van der Waals surface area contributed by atoms with Crippen LogP contribution in [0.3, 0.4) is 0 Å². The summed E-state index contributed by atoms with van der Waals surface area (Å²) in [6.45, 7) is 0. The van der Waals surface area contributed by atoms with Crippen molar-refractivity contribution in [1.82, 2.24) is 0 Å². The second-order valence-electron chi connectivity index (χ2n) is 5.80. The molecule has 0 spiro atoms. The highest BCUT2D eigenvalue weighted by atomic mass is 32.1. The van der Waals surface area contributed by atoms with Crippen molar-refractivity contribution in [2.75, 3.05) is 7.11 Å². The van der Waals surface area contributed by atoms with E-state index in [4.69, 9.17) is 4.74 Å². The Hall–Kier alpha value is -2.58. The number of methoxy groups -OCH3 is 1. The minimum atomic E-state index is 0.900. The van der Waals surface area contributed by atoms with Crippen LogP contribution >= 0.6 is 11.3 Å². The normalized spacial score (nSPS) is 10.9. The number of ether oxygens (including phenoxy) is 1. The SMILES string of the molecule is COc1ccc(Cc2c(-c3ccccc3)sc3ccccc23)cc1. The van der Waals surface area contributed by atoms with Gasteiger partial charge in [0.25, 0.3) is 0 Å². The molecule has 0 aliphatic rings. The first-order valence-corrected chi connectivity index (χ1v) is 8.85. The summed E-state index contributed by atoms with van der Waals surface area (Å²) in [5.41, 5.74) is 4.01. The molecule has 0 saturated carbocycles. The highest BCUT2D eigenvalue weighted by Gasteiger charge is 2.14. The summed E-state index contributed by atoms with van der Waals surface area (Å²) >= 11 is 1.88. The first kappa shape index (κ1) is 15.0. The summed E-state index contributed by atoms with van der Waals surface area (Å²) in [6, 6.07) is 27.7. The summed E-state index contributed by atoms with van der Waals surface area (Å²) in [5, 5.41) is 1.36. The lowest BCUT2D eigenvalue weighted by Gasteiger charge is -2.07. The smallest absolute Gasteiger partial charge is 0.118 e. The van der Waals surface area contributed by atoms with E-state index in [-0.39, 0.29) is 0 Å².